The number of nitrogens with zero attached hydrogens (tertiary/aromatic N) is 1. The second kappa shape index (κ2) is 6.54. The number of thioether (sulfide) groups is 1. The molecule has 3 nitrogen and oxygen atoms in total. The molecule has 0 radical (unpaired) electrons. The molecule has 0 aliphatic carbocycles. The summed E-state index contributed by atoms with van der Waals surface area (Å²) in [7, 11) is 0. The molecule has 2 atom stereocenters. The average molecular weight is 301 g/mol. The summed E-state index contributed by atoms with van der Waals surface area (Å²) < 4.78 is 26.8. The molecule has 1 heterocycles. The van der Waals surface area contributed by atoms with Gasteiger partial charge in [0.05, 0.1) is 6.42 Å². The summed E-state index contributed by atoms with van der Waals surface area (Å²) in [6, 6.07) is 3.16. The molecule has 1 aliphatic heterocycles. The van der Waals surface area contributed by atoms with Crippen molar-refractivity contribution in [2.45, 2.75) is 25.4 Å². The molecule has 0 spiro atoms. The molecule has 1 fully saturated rings. The van der Waals surface area contributed by atoms with Gasteiger partial charge in [-0.2, -0.15) is 11.8 Å². The third-order valence-corrected chi connectivity index (χ3v) is 4.69. The quantitative estimate of drug-likeness (QED) is 0.928. The first-order valence-electron chi connectivity index (χ1n) is 6.49. The van der Waals surface area contributed by atoms with E-state index in [2.05, 4.69) is 0 Å². The number of aliphatic carboxylic acids is 1. The van der Waals surface area contributed by atoms with Gasteiger partial charge in [0.1, 0.15) is 11.6 Å². The Hall–Kier alpha value is -1.14. The van der Waals surface area contributed by atoms with Crippen LogP contribution < -0.4 is 0 Å². The lowest BCUT2D eigenvalue weighted by molar-refractivity contribution is -0.138. The second-order valence-electron chi connectivity index (χ2n) is 4.91. The van der Waals surface area contributed by atoms with E-state index < -0.39 is 17.6 Å². The van der Waals surface area contributed by atoms with Crippen LogP contribution in [0.5, 0.6) is 0 Å². The molecule has 0 saturated carbocycles. The van der Waals surface area contributed by atoms with Crippen LogP contribution in [-0.4, -0.2) is 40.1 Å². The van der Waals surface area contributed by atoms with Crippen LogP contribution in [0.15, 0.2) is 18.2 Å². The van der Waals surface area contributed by atoms with Crippen LogP contribution in [0.1, 0.15) is 24.9 Å². The number of carboxylic acid groups (broad SMARTS) is 1. The van der Waals surface area contributed by atoms with Gasteiger partial charge in [0.15, 0.2) is 0 Å². The van der Waals surface area contributed by atoms with Crippen molar-refractivity contribution in [2.75, 3.05) is 18.1 Å². The average Bonchev–Trinajstić information content (AvgIpc) is 2.38. The second-order valence-corrected chi connectivity index (χ2v) is 6.06. The molecule has 1 N–H and O–H groups in total. The first kappa shape index (κ1) is 15.3. The number of hydrogen-bond acceptors (Lipinski definition) is 3. The number of benzene rings is 1. The van der Waals surface area contributed by atoms with E-state index in [-0.39, 0.29) is 18.5 Å². The fraction of sp³-hybridized carbons (Fsp3) is 0.500. The highest BCUT2D eigenvalue weighted by Gasteiger charge is 2.30. The normalized spacial score (nSPS) is 21.6. The van der Waals surface area contributed by atoms with Gasteiger partial charge < -0.3 is 5.11 Å². The van der Waals surface area contributed by atoms with Crippen LogP contribution in [0.4, 0.5) is 8.78 Å². The number of carboxylic acids is 1. The van der Waals surface area contributed by atoms with Gasteiger partial charge in [-0.05, 0) is 13.0 Å². The van der Waals surface area contributed by atoms with Crippen LogP contribution in [0.25, 0.3) is 0 Å². The van der Waals surface area contributed by atoms with Crippen LogP contribution in [0.2, 0.25) is 0 Å². The van der Waals surface area contributed by atoms with Crippen molar-refractivity contribution in [3.05, 3.63) is 35.4 Å². The van der Waals surface area contributed by atoms with Crippen LogP contribution >= 0.6 is 11.8 Å². The first-order chi connectivity index (χ1) is 9.49. The summed E-state index contributed by atoms with van der Waals surface area (Å²) in [5.74, 6) is -0.420. The van der Waals surface area contributed by atoms with E-state index in [9.17, 15) is 13.6 Å². The Morgan fingerprint density at radius 2 is 2.30 bits per heavy atom. The Labute approximate surface area is 121 Å². The van der Waals surface area contributed by atoms with Gasteiger partial charge in [-0.25, -0.2) is 8.78 Å². The van der Waals surface area contributed by atoms with E-state index in [4.69, 9.17) is 5.11 Å². The smallest absolute Gasteiger partial charge is 0.304 e. The van der Waals surface area contributed by atoms with Gasteiger partial charge >= 0.3 is 5.97 Å². The van der Waals surface area contributed by atoms with Crippen LogP contribution in [0, 0.1) is 11.6 Å². The zero-order valence-electron chi connectivity index (χ0n) is 11.2. The number of hydrogen-bond donors (Lipinski definition) is 1. The standard InChI is InChI=1S/C14H17F2NO2S/c1-9(12-3-2-10(15)6-13(12)16)17-4-5-20-8-11(17)7-14(18)19/h2-3,6,9,11H,4-5,7-8H2,1H3,(H,18,19). The number of halogens is 2. The zero-order chi connectivity index (χ0) is 14.7. The van der Waals surface area contributed by atoms with Gasteiger partial charge in [-0.1, -0.05) is 6.07 Å². The van der Waals surface area contributed by atoms with E-state index in [1.807, 2.05) is 11.8 Å². The lowest BCUT2D eigenvalue weighted by Crippen LogP contribution is -2.45. The van der Waals surface area contributed by atoms with Gasteiger partial charge in [0, 0.05) is 41.8 Å². The van der Waals surface area contributed by atoms with Gasteiger partial charge in [-0.3, -0.25) is 9.69 Å². The monoisotopic (exact) mass is 301 g/mol. The first-order valence-corrected chi connectivity index (χ1v) is 7.64. The lowest BCUT2D eigenvalue weighted by atomic mass is 10.0. The third kappa shape index (κ3) is 3.49. The summed E-state index contributed by atoms with van der Waals surface area (Å²) in [5, 5.41) is 8.97. The zero-order valence-corrected chi connectivity index (χ0v) is 12.0. The van der Waals surface area contributed by atoms with Crippen molar-refractivity contribution in [3.8, 4) is 0 Å². The third-order valence-electron chi connectivity index (χ3n) is 3.59. The molecule has 0 aromatic heterocycles. The molecule has 1 aromatic carbocycles. The Bertz CT molecular complexity index is 498. The maximum atomic E-state index is 13.9. The highest BCUT2D eigenvalue weighted by molar-refractivity contribution is 7.99. The highest BCUT2D eigenvalue weighted by Crippen LogP contribution is 2.30. The fourth-order valence-electron chi connectivity index (χ4n) is 2.57. The molecule has 2 rings (SSSR count). The van der Waals surface area contributed by atoms with E-state index >= 15 is 0 Å². The van der Waals surface area contributed by atoms with E-state index in [1.165, 1.54) is 12.1 Å². The Morgan fingerprint density at radius 3 is 2.95 bits per heavy atom. The maximum absolute atomic E-state index is 13.9. The Kier molecular flexibility index (Phi) is 4.99. The summed E-state index contributed by atoms with van der Waals surface area (Å²) in [6.45, 7) is 2.54. The van der Waals surface area contributed by atoms with Crippen molar-refractivity contribution in [2.24, 2.45) is 0 Å². The van der Waals surface area contributed by atoms with Crippen molar-refractivity contribution in [1.29, 1.82) is 0 Å². The topological polar surface area (TPSA) is 40.5 Å². The molecule has 6 heteroatoms. The summed E-state index contributed by atoms with van der Waals surface area (Å²) in [5.41, 5.74) is 0.411. The van der Waals surface area contributed by atoms with Gasteiger partial charge in [-0.15, -0.1) is 0 Å². The summed E-state index contributed by atoms with van der Waals surface area (Å²) in [4.78, 5) is 12.9. The molecule has 1 aliphatic rings. The Morgan fingerprint density at radius 1 is 1.55 bits per heavy atom. The minimum atomic E-state index is -0.853. The summed E-state index contributed by atoms with van der Waals surface area (Å²) >= 11 is 1.71. The van der Waals surface area contributed by atoms with E-state index in [0.29, 0.717) is 12.1 Å². The SMILES string of the molecule is CC(c1ccc(F)cc1F)N1CCSCC1CC(=O)O. The molecule has 0 amide bonds. The van der Waals surface area contributed by atoms with Crippen molar-refractivity contribution in [3.63, 3.8) is 0 Å². The summed E-state index contributed by atoms with van der Waals surface area (Å²) in [6.07, 6.45) is 0.0418. The maximum Gasteiger partial charge on any atom is 0.304 e. The largest absolute Gasteiger partial charge is 0.481 e. The molecule has 1 saturated heterocycles. The predicted molar refractivity (Wildman–Crippen MR) is 74.8 cm³/mol. The van der Waals surface area contributed by atoms with Crippen LogP contribution in [0.3, 0.4) is 0 Å². The molecular weight excluding hydrogens is 284 g/mol. The molecular formula is C14H17F2NO2S. The molecule has 110 valence electrons. The van der Waals surface area contributed by atoms with Crippen molar-refractivity contribution >= 4 is 17.7 Å². The van der Waals surface area contributed by atoms with Crippen molar-refractivity contribution in [1.82, 2.24) is 4.90 Å². The molecule has 0 bridgehead atoms. The minimum Gasteiger partial charge on any atom is -0.481 e. The predicted octanol–water partition coefficient (Wildman–Crippen LogP) is 2.92. The highest BCUT2D eigenvalue weighted by atomic mass is 32.2. The number of rotatable bonds is 4. The minimum absolute atomic E-state index is 0.0418. The molecule has 20 heavy (non-hydrogen) atoms. The van der Waals surface area contributed by atoms with E-state index in [1.54, 1.807) is 11.8 Å². The van der Waals surface area contributed by atoms with E-state index in [0.717, 1.165) is 17.6 Å². The lowest BCUT2D eigenvalue weighted by Gasteiger charge is -2.39. The number of carbonyl (C=O) groups is 1. The molecule has 2 unspecified atom stereocenters. The van der Waals surface area contributed by atoms with Gasteiger partial charge in [0.2, 0.25) is 0 Å². The van der Waals surface area contributed by atoms with Gasteiger partial charge in [0.25, 0.3) is 0 Å². The van der Waals surface area contributed by atoms with Crippen LogP contribution in [-0.2, 0) is 4.79 Å². The molecule has 1 aromatic rings. The van der Waals surface area contributed by atoms with Crippen molar-refractivity contribution < 1.29 is 18.7 Å². The fourth-order valence-corrected chi connectivity index (χ4v) is 3.66. The Balaban J connectivity index is 2.20.